The molecule has 3 rings (SSSR count). The van der Waals surface area contributed by atoms with E-state index in [4.69, 9.17) is 9.84 Å². The van der Waals surface area contributed by atoms with Crippen LogP contribution in [-0.2, 0) is 9.53 Å². The summed E-state index contributed by atoms with van der Waals surface area (Å²) in [6, 6.07) is 6.13. The number of rotatable bonds is 6. The van der Waals surface area contributed by atoms with Crippen molar-refractivity contribution >= 4 is 11.9 Å². The first-order valence-corrected chi connectivity index (χ1v) is 11.1. The molecular weight excluding hydrogens is 397 g/mol. The van der Waals surface area contributed by atoms with Gasteiger partial charge in [0.25, 0.3) is 5.91 Å². The van der Waals surface area contributed by atoms with Gasteiger partial charge in [-0.25, -0.2) is 9.07 Å². The lowest BCUT2D eigenvalue weighted by Crippen LogP contribution is -2.43. The maximum Gasteiger partial charge on any atom is 0.310 e. The quantitative estimate of drug-likeness (QED) is 0.626. The smallest absolute Gasteiger partial charge is 0.310 e. The molecular formula is C24H32FN3O3. The van der Waals surface area contributed by atoms with Crippen molar-refractivity contribution in [2.45, 2.75) is 59.3 Å². The van der Waals surface area contributed by atoms with Crippen molar-refractivity contribution in [1.29, 1.82) is 0 Å². The highest BCUT2D eigenvalue weighted by Crippen LogP contribution is 2.32. The molecule has 0 aliphatic carbocycles. The third-order valence-corrected chi connectivity index (χ3v) is 5.66. The SMILES string of the molecule is CCOC(=O)C1CCCN(C(=O)c2c(C(C)C)nn(-c3ccc(F)cc3)c2C(C)C)C1. The molecule has 0 spiro atoms. The zero-order chi connectivity index (χ0) is 22.7. The van der Waals surface area contributed by atoms with Crippen molar-refractivity contribution in [1.82, 2.24) is 14.7 Å². The Morgan fingerprint density at radius 1 is 1.16 bits per heavy atom. The Hall–Kier alpha value is -2.70. The molecule has 1 unspecified atom stereocenters. The number of likely N-dealkylation sites (tertiary alicyclic amines) is 1. The van der Waals surface area contributed by atoms with Crippen LogP contribution < -0.4 is 0 Å². The lowest BCUT2D eigenvalue weighted by atomic mass is 9.94. The molecule has 6 nitrogen and oxygen atoms in total. The second kappa shape index (κ2) is 9.62. The largest absolute Gasteiger partial charge is 0.466 e. The van der Waals surface area contributed by atoms with E-state index < -0.39 is 0 Å². The van der Waals surface area contributed by atoms with E-state index in [0.29, 0.717) is 30.9 Å². The molecule has 1 atom stereocenters. The van der Waals surface area contributed by atoms with Crippen molar-refractivity contribution < 1.29 is 18.7 Å². The van der Waals surface area contributed by atoms with Gasteiger partial charge in [-0.1, -0.05) is 27.7 Å². The molecule has 2 heterocycles. The molecule has 0 bridgehead atoms. The second-order valence-electron chi connectivity index (χ2n) is 8.69. The number of piperidine rings is 1. The Balaban J connectivity index is 2.03. The third kappa shape index (κ3) is 4.81. The van der Waals surface area contributed by atoms with Crippen LogP contribution in [-0.4, -0.2) is 46.3 Å². The van der Waals surface area contributed by atoms with Crippen molar-refractivity contribution in [3.05, 3.63) is 47.0 Å². The number of aromatic nitrogens is 2. The zero-order valence-corrected chi connectivity index (χ0v) is 19.0. The number of ether oxygens (including phenoxy) is 1. The van der Waals surface area contributed by atoms with Crippen LogP contribution in [0.1, 0.15) is 81.0 Å². The Morgan fingerprint density at radius 2 is 1.84 bits per heavy atom. The molecule has 31 heavy (non-hydrogen) atoms. The van der Waals surface area contributed by atoms with Gasteiger partial charge < -0.3 is 9.64 Å². The fourth-order valence-electron chi connectivity index (χ4n) is 4.16. The third-order valence-electron chi connectivity index (χ3n) is 5.66. The summed E-state index contributed by atoms with van der Waals surface area (Å²) < 4.78 is 20.4. The summed E-state index contributed by atoms with van der Waals surface area (Å²) in [5.74, 6) is -0.904. The zero-order valence-electron chi connectivity index (χ0n) is 19.0. The molecule has 0 radical (unpaired) electrons. The van der Waals surface area contributed by atoms with Crippen LogP contribution >= 0.6 is 0 Å². The number of hydrogen-bond donors (Lipinski definition) is 0. The number of esters is 1. The fraction of sp³-hybridized carbons (Fsp3) is 0.542. The van der Waals surface area contributed by atoms with Gasteiger partial charge in [0, 0.05) is 13.1 Å². The number of halogens is 1. The molecule has 1 amide bonds. The Labute approximate surface area is 183 Å². The van der Waals surface area contributed by atoms with Crippen LogP contribution in [0.3, 0.4) is 0 Å². The van der Waals surface area contributed by atoms with Crippen molar-refractivity contribution in [2.24, 2.45) is 5.92 Å². The van der Waals surface area contributed by atoms with Crippen LogP contribution in [0.15, 0.2) is 24.3 Å². The predicted molar refractivity (Wildman–Crippen MR) is 117 cm³/mol. The van der Waals surface area contributed by atoms with Crippen LogP contribution in [0.5, 0.6) is 0 Å². The lowest BCUT2D eigenvalue weighted by molar-refractivity contribution is -0.149. The first kappa shape index (κ1) is 23.0. The number of amides is 1. The molecule has 1 saturated heterocycles. The fourth-order valence-corrected chi connectivity index (χ4v) is 4.16. The molecule has 1 fully saturated rings. The highest BCUT2D eigenvalue weighted by atomic mass is 19.1. The summed E-state index contributed by atoms with van der Waals surface area (Å²) in [5, 5.41) is 4.79. The van der Waals surface area contributed by atoms with Gasteiger partial charge in [-0.15, -0.1) is 0 Å². The van der Waals surface area contributed by atoms with E-state index in [1.54, 1.807) is 28.6 Å². The Kier molecular flexibility index (Phi) is 7.13. The first-order chi connectivity index (χ1) is 14.7. The van der Waals surface area contributed by atoms with Gasteiger partial charge in [0.1, 0.15) is 5.82 Å². The summed E-state index contributed by atoms with van der Waals surface area (Å²) in [4.78, 5) is 27.8. The van der Waals surface area contributed by atoms with E-state index in [0.717, 1.165) is 24.2 Å². The maximum atomic E-state index is 13.7. The minimum absolute atomic E-state index is 0.0228. The van der Waals surface area contributed by atoms with Crippen LogP contribution in [0, 0.1) is 11.7 Å². The molecule has 1 aliphatic rings. The minimum Gasteiger partial charge on any atom is -0.466 e. The highest BCUT2D eigenvalue weighted by molar-refractivity contribution is 5.97. The van der Waals surface area contributed by atoms with Crippen LogP contribution in [0.4, 0.5) is 4.39 Å². The Morgan fingerprint density at radius 3 is 2.42 bits per heavy atom. The van der Waals surface area contributed by atoms with E-state index in [9.17, 15) is 14.0 Å². The van der Waals surface area contributed by atoms with Crippen LogP contribution in [0.25, 0.3) is 5.69 Å². The number of carbonyl (C=O) groups is 2. The molecule has 1 aliphatic heterocycles. The minimum atomic E-state index is -0.319. The second-order valence-corrected chi connectivity index (χ2v) is 8.69. The predicted octanol–water partition coefficient (Wildman–Crippen LogP) is 4.67. The molecule has 168 valence electrons. The van der Waals surface area contributed by atoms with Gasteiger partial charge in [0.15, 0.2) is 0 Å². The highest BCUT2D eigenvalue weighted by Gasteiger charge is 2.34. The van der Waals surface area contributed by atoms with E-state index >= 15 is 0 Å². The number of nitrogens with zero attached hydrogens (tertiary/aromatic N) is 3. The topological polar surface area (TPSA) is 64.4 Å². The van der Waals surface area contributed by atoms with Gasteiger partial charge >= 0.3 is 5.97 Å². The van der Waals surface area contributed by atoms with Gasteiger partial charge in [-0.3, -0.25) is 9.59 Å². The molecule has 7 heteroatoms. The van der Waals surface area contributed by atoms with Gasteiger partial charge in [0.2, 0.25) is 0 Å². The van der Waals surface area contributed by atoms with Gasteiger partial charge in [0.05, 0.1) is 35.2 Å². The van der Waals surface area contributed by atoms with Gasteiger partial charge in [-0.05, 0) is 55.9 Å². The first-order valence-electron chi connectivity index (χ1n) is 11.1. The number of benzene rings is 1. The molecule has 2 aromatic rings. The summed E-state index contributed by atoms with van der Waals surface area (Å²) in [6.45, 7) is 11.1. The standard InChI is InChI=1S/C24H32FN3O3/c1-6-31-24(30)17-8-7-13-27(14-17)23(29)20-21(15(2)3)26-28(22(20)16(4)5)19-11-9-18(25)10-12-19/h9-12,15-17H,6-8,13-14H2,1-5H3. The van der Waals surface area contributed by atoms with Crippen molar-refractivity contribution in [3.8, 4) is 5.69 Å². The van der Waals surface area contributed by atoms with E-state index in [1.807, 2.05) is 27.7 Å². The van der Waals surface area contributed by atoms with Crippen LogP contribution in [0.2, 0.25) is 0 Å². The normalized spacial score (nSPS) is 16.8. The number of hydrogen-bond acceptors (Lipinski definition) is 4. The average Bonchev–Trinajstić information content (AvgIpc) is 3.15. The van der Waals surface area contributed by atoms with E-state index in [1.165, 1.54) is 12.1 Å². The van der Waals surface area contributed by atoms with Crippen molar-refractivity contribution in [3.63, 3.8) is 0 Å². The monoisotopic (exact) mass is 429 g/mol. The Bertz CT molecular complexity index is 934. The molecule has 0 saturated carbocycles. The summed E-state index contributed by atoms with van der Waals surface area (Å²) in [5.41, 5.74) is 2.84. The lowest BCUT2D eigenvalue weighted by Gasteiger charge is -2.32. The summed E-state index contributed by atoms with van der Waals surface area (Å²) >= 11 is 0. The average molecular weight is 430 g/mol. The summed E-state index contributed by atoms with van der Waals surface area (Å²) in [6.07, 6.45) is 1.49. The summed E-state index contributed by atoms with van der Waals surface area (Å²) in [7, 11) is 0. The van der Waals surface area contributed by atoms with Crippen molar-refractivity contribution in [2.75, 3.05) is 19.7 Å². The molecule has 1 aromatic carbocycles. The van der Waals surface area contributed by atoms with Gasteiger partial charge in [-0.2, -0.15) is 5.10 Å². The number of carbonyl (C=O) groups excluding carboxylic acids is 2. The molecule has 0 N–H and O–H groups in total. The maximum absolute atomic E-state index is 13.7. The van der Waals surface area contributed by atoms with E-state index in [2.05, 4.69) is 0 Å². The molecule has 1 aromatic heterocycles. The van der Waals surface area contributed by atoms with E-state index in [-0.39, 0.29) is 35.4 Å².